The van der Waals surface area contributed by atoms with E-state index in [0.717, 1.165) is 5.01 Å². The molecule has 1 aromatic carbocycles. The van der Waals surface area contributed by atoms with Gasteiger partial charge in [-0.3, -0.25) is 9.59 Å². The molecule has 2 N–H and O–H groups in total. The Morgan fingerprint density at radius 1 is 1.32 bits per heavy atom. The molecule has 1 aromatic heterocycles. The number of aromatic nitrogens is 1. The second kappa shape index (κ2) is 6.70. The molecule has 1 atom stereocenters. The van der Waals surface area contributed by atoms with Crippen LogP contribution in [0.15, 0.2) is 36.5 Å². The Morgan fingerprint density at radius 3 is 2.50 bits per heavy atom. The molecule has 0 bridgehead atoms. The quantitative estimate of drug-likeness (QED) is 0.858. The van der Waals surface area contributed by atoms with Crippen molar-refractivity contribution < 1.29 is 14.7 Å². The van der Waals surface area contributed by atoms with Crippen LogP contribution in [0.5, 0.6) is 0 Å². The van der Waals surface area contributed by atoms with E-state index in [2.05, 4.69) is 10.3 Å². The standard InChI is InChI=1S/C16H18N2O3S/c1-3-16(15(20)21,12-7-5-4-6-8-12)10-18-14(19)13-9-17-11(2)22-13/h4-9H,3,10H2,1-2H3,(H,18,19)(H,20,21). The van der Waals surface area contributed by atoms with Crippen LogP contribution in [-0.4, -0.2) is 28.5 Å². The van der Waals surface area contributed by atoms with Crippen LogP contribution in [0.4, 0.5) is 0 Å². The maximum absolute atomic E-state index is 12.1. The zero-order valence-electron chi connectivity index (χ0n) is 12.5. The average molecular weight is 318 g/mol. The van der Waals surface area contributed by atoms with Crippen molar-refractivity contribution in [3.8, 4) is 0 Å². The summed E-state index contributed by atoms with van der Waals surface area (Å²) in [6.45, 7) is 3.67. The normalized spacial score (nSPS) is 13.4. The summed E-state index contributed by atoms with van der Waals surface area (Å²) in [5, 5.41) is 13.2. The number of nitrogens with one attached hydrogen (secondary N) is 1. The number of amides is 1. The van der Waals surface area contributed by atoms with Gasteiger partial charge in [0.2, 0.25) is 0 Å². The topological polar surface area (TPSA) is 79.3 Å². The van der Waals surface area contributed by atoms with Gasteiger partial charge in [-0.05, 0) is 18.9 Å². The number of carbonyl (C=O) groups is 2. The van der Waals surface area contributed by atoms with Crippen LogP contribution in [0, 0.1) is 6.92 Å². The van der Waals surface area contributed by atoms with E-state index < -0.39 is 11.4 Å². The number of aliphatic carboxylic acids is 1. The molecule has 0 aliphatic rings. The summed E-state index contributed by atoms with van der Waals surface area (Å²) in [7, 11) is 0. The van der Waals surface area contributed by atoms with Gasteiger partial charge in [-0.15, -0.1) is 11.3 Å². The summed E-state index contributed by atoms with van der Waals surface area (Å²) in [5.41, 5.74) is -0.442. The van der Waals surface area contributed by atoms with Crippen LogP contribution in [0.3, 0.4) is 0 Å². The molecule has 1 amide bonds. The lowest BCUT2D eigenvalue weighted by molar-refractivity contribution is -0.143. The van der Waals surface area contributed by atoms with Crippen molar-refractivity contribution in [2.75, 3.05) is 6.54 Å². The Labute approximate surface area is 133 Å². The first-order chi connectivity index (χ1) is 10.5. The molecule has 116 valence electrons. The van der Waals surface area contributed by atoms with Crippen LogP contribution in [0.2, 0.25) is 0 Å². The maximum atomic E-state index is 12.1. The number of benzene rings is 1. The minimum Gasteiger partial charge on any atom is -0.481 e. The molecule has 0 saturated heterocycles. The molecule has 0 aliphatic heterocycles. The first kappa shape index (κ1) is 16.2. The molecule has 0 spiro atoms. The van der Waals surface area contributed by atoms with Crippen molar-refractivity contribution in [1.82, 2.24) is 10.3 Å². The average Bonchev–Trinajstić information content (AvgIpc) is 2.95. The van der Waals surface area contributed by atoms with Crippen LogP contribution >= 0.6 is 11.3 Å². The number of rotatable bonds is 6. The highest BCUT2D eigenvalue weighted by atomic mass is 32.1. The second-order valence-corrected chi connectivity index (χ2v) is 6.27. The van der Waals surface area contributed by atoms with Crippen molar-refractivity contribution in [2.24, 2.45) is 0 Å². The summed E-state index contributed by atoms with van der Waals surface area (Å²) < 4.78 is 0. The highest BCUT2D eigenvalue weighted by Gasteiger charge is 2.39. The number of carboxylic acids is 1. The van der Waals surface area contributed by atoms with Gasteiger partial charge in [-0.2, -0.15) is 0 Å². The molecule has 2 aromatic rings. The largest absolute Gasteiger partial charge is 0.481 e. The smallest absolute Gasteiger partial charge is 0.315 e. The number of carboxylic acid groups (broad SMARTS) is 1. The Balaban J connectivity index is 2.21. The number of thiazole rings is 1. The monoisotopic (exact) mass is 318 g/mol. The molecule has 6 heteroatoms. The first-order valence-electron chi connectivity index (χ1n) is 6.99. The lowest BCUT2D eigenvalue weighted by Gasteiger charge is -2.28. The van der Waals surface area contributed by atoms with E-state index >= 15 is 0 Å². The summed E-state index contributed by atoms with van der Waals surface area (Å²) in [4.78, 5) is 28.5. The molecule has 0 saturated carbocycles. The predicted molar refractivity (Wildman–Crippen MR) is 85.2 cm³/mol. The molecule has 0 radical (unpaired) electrons. The molecule has 1 heterocycles. The third-order valence-electron chi connectivity index (χ3n) is 3.74. The minimum atomic E-state index is -1.13. The number of nitrogens with zero attached hydrogens (tertiary/aromatic N) is 1. The molecule has 5 nitrogen and oxygen atoms in total. The molecular formula is C16H18N2O3S. The van der Waals surface area contributed by atoms with Gasteiger partial charge in [0.15, 0.2) is 0 Å². The minimum absolute atomic E-state index is 0.0403. The molecule has 22 heavy (non-hydrogen) atoms. The Morgan fingerprint density at radius 2 is 2.00 bits per heavy atom. The molecule has 2 rings (SSSR count). The summed E-state index contributed by atoms with van der Waals surface area (Å²) >= 11 is 1.29. The SMILES string of the molecule is CCC(CNC(=O)c1cnc(C)s1)(C(=O)O)c1ccccc1. The van der Waals surface area contributed by atoms with Gasteiger partial charge in [0.25, 0.3) is 5.91 Å². The van der Waals surface area contributed by atoms with Crippen molar-refractivity contribution in [3.63, 3.8) is 0 Å². The number of hydrogen-bond donors (Lipinski definition) is 2. The van der Waals surface area contributed by atoms with Crippen LogP contribution in [0.1, 0.15) is 33.6 Å². The van der Waals surface area contributed by atoms with Crippen LogP contribution < -0.4 is 5.32 Å². The van der Waals surface area contributed by atoms with Gasteiger partial charge in [-0.25, -0.2) is 4.98 Å². The number of hydrogen-bond acceptors (Lipinski definition) is 4. The van der Waals surface area contributed by atoms with E-state index in [9.17, 15) is 14.7 Å². The van der Waals surface area contributed by atoms with E-state index in [4.69, 9.17) is 0 Å². The molecular weight excluding hydrogens is 300 g/mol. The van der Waals surface area contributed by atoms with E-state index in [0.29, 0.717) is 16.9 Å². The first-order valence-corrected chi connectivity index (χ1v) is 7.81. The van der Waals surface area contributed by atoms with E-state index in [-0.39, 0.29) is 12.5 Å². The van der Waals surface area contributed by atoms with Gasteiger partial charge < -0.3 is 10.4 Å². The van der Waals surface area contributed by atoms with Crippen molar-refractivity contribution in [2.45, 2.75) is 25.7 Å². The van der Waals surface area contributed by atoms with Crippen molar-refractivity contribution >= 4 is 23.2 Å². The fraction of sp³-hybridized carbons (Fsp3) is 0.312. The number of aryl methyl sites for hydroxylation is 1. The molecule has 0 aliphatic carbocycles. The highest BCUT2D eigenvalue weighted by molar-refractivity contribution is 7.13. The van der Waals surface area contributed by atoms with Gasteiger partial charge in [0, 0.05) is 6.54 Å². The highest BCUT2D eigenvalue weighted by Crippen LogP contribution is 2.28. The van der Waals surface area contributed by atoms with Gasteiger partial charge in [0.1, 0.15) is 10.3 Å². The Kier molecular flexibility index (Phi) is 4.92. The Bertz CT molecular complexity index is 669. The van der Waals surface area contributed by atoms with Gasteiger partial charge >= 0.3 is 5.97 Å². The summed E-state index contributed by atoms with van der Waals surface area (Å²) in [5.74, 6) is -1.23. The summed E-state index contributed by atoms with van der Waals surface area (Å²) in [6, 6.07) is 9.00. The van der Waals surface area contributed by atoms with Crippen molar-refractivity contribution in [1.29, 1.82) is 0 Å². The molecule has 0 fully saturated rings. The van der Waals surface area contributed by atoms with E-state index in [1.165, 1.54) is 17.5 Å². The lowest BCUT2D eigenvalue weighted by Crippen LogP contribution is -2.46. The van der Waals surface area contributed by atoms with Crippen LogP contribution in [0.25, 0.3) is 0 Å². The van der Waals surface area contributed by atoms with E-state index in [1.54, 1.807) is 24.3 Å². The van der Waals surface area contributed by atoms with Crippen molar-refractivity contribution in [3.05, 3.63) is 52.0 Å². The summed E-state index contributed by atoms with van der Waals surface area (Å²) in [6.07, 6.45) is 1.89. The Hall–Kier alpha value is -2.21. The van der Waals surface area contributed by atoms with E-state index in [1.807, 2.05) is 19.9 Å². The third kappa shape index (κ3) is 3.17. The third-order valence-corrected chi connectivity index (χ3v) is 4.65. The maximum Gasteiger partial charge on any atom is 0.315 e. The molecule has 1 unspecified atom stereocenters. The fourth-order valence-electron chi connectivity index (χ4n) is 2.32. The van der Waals surface area contributed by atoms with Gasteiger partial charge in [0.05, 0.1) is 11.2 Å². The second-order valence-electron chi connectivity index (χ2n) is 5.03. The zero-order valence-corrected chi connectivity index (χ0v) is 13.3. The van der Waals surface area contributed by atoms with Crippen LogP contribution in [-0.2, 0) is 10.2 Å². The fourth-order valence-corrected chi connectivity index (χ4v) is 3.02. The zero-order chi connectivity index (χ0) is 16.2. The predicted octanol–water partition coefficient (Wildman–Crippen LogP) is 2.61. The number of carbonyl (C=O) groups excluding carboxylic acids is 1. The lowest BCUT2D eigenvalue weighted by atomic mass is 9.78. The van der Waals surface area contributed by atoms with Gasteiger partial charge in [-0.1, -0.05) is 37.3 Å².